The summed E-state index contributed by atoms with van der Waals surface area (Å²) in [6.07, 6.45) is -0.114. The van der Waals surface area contributed by atoms with E-state index in [0.717, 1.165) is 5.56 Å². The normalized spacial score (nSPS) is 13.0. The topological polar surface area (TPSA) is 95.4 Å². The molecule has 5 nitrogen and oxygen atoms in total. The molecule has 0 saturated heterocycles. The van der Waals surface area contributed by atoms with Crippen LogP contribution in [0.1, 0.15) is 18.9 Å². The minimum Gasteiger partial charge on any atom is -0.459 e. The van der Waals surface area contributed by atoms with Gasteiger partial charge >= 0.3 is 5.97 Å². The first-order valence-corrected chi connectivity index (χ1v) is 5.67. The Labute approximate surface area is 118 Å². The first-order valence-electron chi connectivity index (χ1n) is 5.67. The van der Waals surface area contributed by atoms with E-state index in [1.807, 2.05) is 30.3 Å². The maximum atomic E-state index is 11.7. The lowest BCUT2D eigenvalue weighted by Gasteiger charge is -2.21. The van der Waals surface area contributed by atoms with E-state index in [1.165, 1.54) is 6.92 Å². The molecule has 0 amide bonds. The molecule has 1 aromatic rings. The van der Waals surface area contributed by atoms with Crippen LogP contribution in [-0.4, -0.2) is 23.8 Å². The summed E-state index contributed by atoms with van der Waals surface area (Å²) in [6, 6.07) is 9.25. The Hall–Kier alpha value is -1.43. The predicted molar refractivity (Wildman–Crippen MR) is 74.8 cm³/mol. The molecule has 1 unspecified atom stereocenters. The molecule has 0 spiro atoms. The highest BCUT2D eigenvalue weighted by Crippen LogP contribution is 2.11. The molecule has 0 radical (unpaired) electrons. The first kappa shape index (κ1) is 17.6. The summed E-state index contributed by atoms with van der Waals surface area (Å²) in [5, 5.41) is 0. The average Bonchev–Trinajstić information content (AvgIpc) is 2.36. The van der Waals surface area contributed by atoms with Crippen molar-refractivity contribution in [3.8, 4) is 0 Å². The van der Waals surface area contributed by atoms with E-state index in [9.17, 15) is 9.59 Å². The van der Waals surface area contributed by atoms with Crippen LogP contribution >= 0.6 is 12.4 Å². The van der Waals surface area contributed by atoms with Crippen LogP contribution in [0.15, 0.2) is 30.3 Å². The third kappa shape index (κ3) is 5.83. The number of esters is 1. The Morgan fingerprint density at radius 2 is 1.84 bits per heavy atom. The number of ketones is 1. The molecule has 106 valence electrons. The zero-order chi connectivity index (χ0) is 13.6. The number of Topliss-reactive ketones (excluding diaryl/α,β-unsaturated/α-hetero) is 1. The van der Waals surface area contributed by atoms with Crippen LogP contribution in [0.4, 0.5) is 0 Å². The molecule has 0 heterocycles. The van der Waals surface area contributed by atoms with Crippen molar-refractivity contribution >= 4 is 24.2 Å². The number of benzene rings is 1. The lowest BCUT2D eigenvalue weighted by atomic mass is 9.96. The van der Waals surface area contributed by atoms with Crippen molar-refractivity contribution in [3.05, 3.63) is 35.9 Å². The largest absolute Gasteiger partial charge is 0.459 e. The minimum absolute atomic E-state index is 0. The molecule has 0 bridgehead atoms. The molecule has 4 N–H and O–H groups in total. The zero-order valence-corrected chi connectivity index (χ0v) is 11.6. The van der Waals surface area contributed by atoms with Crippen molar-refractivity contribution in [1.82, 2.24) is 0 Å². The third-order valence-corrected chi connectivity index (χ3v) is 2.47. The smallest absolute Gasteiger partial charge is 0.326 e. The lowest BCUT2D eigenvalue weighted by molar-refractivity contribution is -0.152. The molecule has 1 rings (SSSR count). The molecule has 0 aliphatic heterocycles. The van der Waals surface area contributed by atoms with Crippen molar-refractivity contribution in [2.45, 2.75) is 25.5 Å². The van der Waals surface area contributed by atoms with Crippen molar-refractivity contribution in [2.75, 3.05) is 6.54 Å². The van der Waals surface area contributed by atoms with Crippen molar-refractivity contribution in [1.29, 1.82) is 0 Å². The standard InChI is InChI=1S/C13H18N2O3.ClH/c1-13(15,7-11(16)8-14)12(17)18-9-10-5-3-2-4-6-10;/h2-6H,7-9,14-15H2,1H3;1H. The van der Waals surface area contributed by atoms with Crippen LogP contribution < -0.4 is 11.5 Å². The molecule has 0 fully saturated rings. The summed E-state index contributed by atoms with van der Waals surface area (Å²) in [6.45, 7) is 1.48. The fourth-order valence-corrected chi connectivity index (χ4v) is 1.44. The maximum absolute atomic E-state index is 11.7. The summed E-state index contributed by atoms with van der Waals surface area (Å²) in [7, 11) is 0. The summed E-state index contributed by atoms with van der Waals surface area (Å²) in [4.78, 5) is 22.9. The van der Waals surface area contributed by atoms with Gasteiger partial charge in [-0.3, -0.25) is 9.59 Å². The summed E-state index contributed by atoms with van der Waals surface area (Å²) in [5.41, 5.74) is 10.5. The minimum atomic E-state index is -1.33. The fraction of sp³-hybridized carbons (Fsp3) is 0.385. The number of carbonyl (C=O) groups is 2. The van der Waals surface area contributed by atoms with Gasteiger partial charge in [0.2, 0.25) is 0 Å². The van der Waals surface area contributed by atoms with Crippen LogP contribution in [0.25, 0.3) is 0 Å². The van der Waals surface area contributed by atoms with Gasteiger partial charge < -0.3 is 16.2 Å². The summed E-state index contributed by atoms with van der Waals surface area (Å²) in [5.74, 6) is -0.871. The molecule has 19 heavy (non-hydrogen) atoms. The number of hydrogen-bond donors (Lipinski definition) is 2. The quantitative estimate of drug-likeness (QED) is 0.754. The van der Waals surface area contributed by atoms with Gasteiger partial charge in [-0.1, -0.05) is 30.3 Å². The van der Waals surface area contributed by atoms with Gasteiger partial charge in [0.1, 0.15) is 17.9 Å². The van der Waals surface area contributed by atoms with E-state index in [2.05, 4.69) is 0 Å². The Kier molecular flexibility index (Phi) is 7.29. The molecule has 1 atom stereocenters. The van der Waals surface area contributed by atoms with Gasteiger partial charge in [0.05, 0.1) is 6.54 Å². The van der Waals surface area contributed by atoms with E-state index < -0.39 is 11.5 Å². The Morgan fingerprint density at radius 1 is 1.26 bits per heavy atom. The van der Waals surface area contributed by atoms with Crippen molar-refractivity contribution in [3.63, 3.8) is 0 Å². The Morgan fingerprint density at radius 3 is 2.37 bits per heavy atom. The molecule has 6 heteroatoms. The van der Waals surface area contributed by atoms with Crippen molar-refractivity contribution < 1.29 is 14.3 Å². The Bertz CT molecular complexity index is 421. The van der Waals surface area contributed by atoms with Gasteiger partial charge in [-0.25, -0.2) is 0 Å². The fourth-order valence-electron chi connectivity index (χ4n) is 1.44. The molecule has 0 aromatic heterocycles. The highest BCUT2D eigenvalue weighted by molar-refractivity contribution is 5.90. The SMILES string of the molecule is CC(N)(CC(=O)CN)C(=O)OCc1ccccc1.Cl. The monoisotopic (exact) mass is 286 g/mol. The third-order valence-electron chi connectivity index (χ3n) is 2.47. The first-order chi connectivity index (χ1) is 8.45. The molecule has 0 aliphatic carbocycles. The van der Waals surface area contributed by atoms with Gasteiger partial charge in [0.25, 0.3) is 0 Å². The second-order valence-corrected chi connectivity index (χ2v) is 4.40. The van der Waals surface area contributed by atoms with Crippen molar-refractivity contribution in [2.24, 2.45) is 11.5 Å². The number of ether oxygens (including phenoxy) is 1. The van der Waals surface area contributed by atoms with E-state index in [4.69, 9.17) is 16.2 Å². The Balaban J connectivity index is 0.00000324. The van der Waals surface area contributed by atoms with Crippen LogP contribution in [0.3, 0.4) is 0 Å². The van der Waals surface area contributed by atoms with E-state index >= 15 is 0 Å². The lowest BCUT2D eigenvalue weighted by Crippen LogP contribution is -2.48. The van der Waals surface area contributed by atoms with Gasteiger partial charge in [0.15, 0.2) is 0 Å². The highest BCUT2D eigenvalue weighted by Gasteiger charge is 2.32. The van der Waals surface area contributed by atoms with E-state index in [1.54, 1.807) is 0 Å². The maximum Gasteiger partial charge on any atom is 0.326 e. The molecular weight excluding hydrogens is 268 g/mol. The van der Waals surface area contributed by atoms with Gasteiger partial charge in [0, 0.05) is 6.42 Å². The second kappa shape index (κ2) is 7.89. The molecule has 1 aromatic carbocycles. The van der Waals surface area contributed by atoms with Gasteiger partial charge in [-0.15, -0.1) is 12.4 Å². The van der Waals surface area contributed by atoms with Crippen LogP contribution in [0.5, 0.6) is 0 Å². The molecule has 0 aliphatic rings. The van der Waals surface area contributed by atoms with Gasteiger partial charge in [-0.05, 0) is 12.5 Å². The van der Waals surface area contributed by atoms with E-state index in [0.29, 0.717) is 0 Å². The van der Waals surface area contributed by atoms with E-state index in [-0.39, 0.29) is 37.8 Å². The number of rotatable bonds is 6. The zero-order valence-electron chi connectivity index (χ0n) is 10.8. The summed E-state index contributed by atoms with van der Waals surface area (Å²) < 4.78 is 5.08. The average molecular weight is 287 g/mol. The van der Waals surface area contributed by atoms with Crippen LogP contribution in [-0.2, 0) is 20.9 Å². The summed E-state index contributed by atoms with van der Waals surface area (Å²) >= 11 is 0. The number of nitrogens with two attached hydrogens (primary N) is 2. The predicted octanol–water partition coefficient (Wildman–Crippen LogP) is 0.787. The van der Waals surface area contributed by atoms with Crippen LogP contribution in [0.2, 0.25) is 0 Å². The number of hydrogen-bond acceptors (Lipinski definition) is 5. The molecule has 0 saturated carbocycles. The molecular formula is C13H19ClN2O3. The van der Waals surface area contributed by atoms with Gasteiger partial charge in [-0.2, -0.15) is 0 Å². The van der Waals surface area contributed by atoms with Crippen LogP contribution in [0, 0.1) is 0 Å². The number of halogens is 1. The second-order valence-electron chi connectivity index (χ2n) is 4.40. The highest BCUT2D eigenvalue weighted by atomic mass is 35.5. The number of carbonyl (C=O) groups excluding carboxylic acids is 2.